The van der Waals surface area contributed by atoms with Crippen LogP contribution in [-0.4, -0.2) is 20.7 Å². The number of sulfone groups is 1. The van der Waals surface area contributed by atoms with Crippen LogP contribution < -0.4 is 5.73 Å². The fourth-order valence-corrected chi connectivity index (χ4v) is 2.28. The summed E-state index contributed by atoms with van der Waals surface area (Å²) in [6, 6.07) is 4.69. The maximum Gasteiger partial charge on any atom is 0.274 e. The maximum absolute atomic E-state index is 13.4. The van der Waals surface area contributed by atoms with Crippen molar-refractivity contribution in [1.82, 2.24) is 0 Å². The minimum Gasteiger partial charge on any atom is -0.330 e. The highest BCUT2D eigenvalue weighted by Crippen LogP contribution is 2.31. The molecule has 17 heavy (non-hydrogen) atoms. The summed E-state index contributed by atoms with van der Waals surface area (Å²) < 4.78 is 49.8. The first-order valence-electron chi connectivity index (χ1n) is 5.24. The lowest BCUT2D eigenvalue weighted by atomic mass is 10.1. The van der Waals surface area contributed by atoms with E-state index in [9.17, 15) is 17.2 Å². The van der Waals surface area contributed by atoms with Crippen LogP contribution in [0.25, 0.3) is 0 Å². The van der Waals surface area contributed by atoms with E-state index in [0.717, 1.165) is 12.1 Å². The Morgan fingerprint density at radius 2 is 1.76 bits per heavy atom. The SMILES string of the molecule is CCS(=O)(=O)c1ccc(C(F)(F)CCN)cc1. The third kappa shape index (κ3) is 3.23. The smallest absolute Gasteiger partial charge is 0.274 e. The van der Waals surface area contributed by atoms with E-state index in [2.05, 4.69) is 0 Å². The average molecular weight is 263 g/mol. The monoisotopic (exact) mass is 263 g/mol. The molecule has 0 spiro atoms. The Labute approximate surface area is 99.6 Å². The van der Waals surface area contributed by atoms with Gasteiger partial charge < -0.3 is 5.73 Å². The average Bonchev–Trinajstić information content (AvgIpc) is 2.29. The van der Waals surface area contributed by atoms with Crippen molar-refractivity contribution in [2.75, 3.05) is 12.3 Å². The van der Waals surface area contributed by atoms with Crippen LogP contribution in [0.1, 0.15) is 18.9 Å². The second kappa shape index (κ2) is 5.10. The fourth-order valence-electron chi connectivity index (χ4n) is 1.40. The van der Waals surface area contributed by atoms with Crippen molar-refractivity contribution in [2.24, 2.45) is 5.73 Å². The molecule has 3 nitrogen and oxygen atoms in total. The van der Waals surface area contributed by atoms with Gasteiger partial charge in [-0.3, -0.25) is 0 Å². The Bertz CT molecular complexity index is 469. The van der Waals surface area contributed by atoms with Crippen molar-refractivity contribution in [3.8, 4) is 0 Å². The molecule has 0 saturated carbocycles. The van der Waals surface area contributed by atoms with E-state index in [1.54, 1.807) is 0 Å². The van der Waals surface area contributed by atoms with Crippen LogP contribution in [0.15, 0.2) is 29.2 Å². The van der Waals surface area contributed by atoms with Gasteiger partial charge in [-0.05, 0) is 18.7 Å². The molecule has 0 unspecified atom stereocenters. The lowest BCUT2D eigenvalue weighted by molar-refractivity contribution is -0.0107. The number of hydrogen-bond donors (Lipinski definition) is 1. The summed E-state index contributed by atoms with van der Waals surface area (Å²) in [6.45, 7) is 1.38. The van der Waals surface area contributed by atoms with E-state index in [-0.39, 0.29) is 22.8 Å². The Kier molecular flexibility index (Phi) is 4.21. The zero-order chi connectivity index (χ0) is 13.1. The van der Waals surface area contributed by atoms with Crippen molar-refractivity contribution >= 4 is 9.84 Å². The predicted octanol–water partition coefficient (Wildman–Crippen LogP) is 1.92. The van der Waals surface area contributed by atoms with Crippen LogP contribution >= 0.6 is 0 Å². The van der Waals surface area contributed by atoms with E-state index in [1.165, 1.54) is 19.1 Å². The standard InChI is InChI=1S/C11H15F2NO2S/c1-2-17(15,16)10-5-3-9(4-6-10)11(12,13)7-8-14/h3-6H,2,7-8,14H2,1H3. The zero-order valence-corrected chi connectivity index (χ0v) is 10.3. The first-order valence-corrected chi connectivity index (χ1v) is 6.90. The van der Waals surface area contributed by atoms with Crippen molar-refractivity contribution in [3.63, 3.8) is 0 Å². The van der Waals surface area contributed by atoms with Gasteiger partial charge in [0, 0.05) is 12.0 Å². The van der Waals surface area contributed by atoms with Crippen LogP contribution in [0.3, 0.4) is 0 Å². The molecule has 0 radical (unpaired) electrons. The Morgan fingerprint density at radius 1 is 1.24 bits per heavy atom. The highest BCUT2D eigenvalue weighted by Gasteiger charge is 2.30. The summed E-state index contributed by atoms with van der Waals surface area (Å²) in [5, 5.41) is 0. The molecule has 0 aliphatic heterocycles. The van der Waals surface area contributed by atoms with Gasteiger partial charge in [0.25, 0.3) is 5.92 Å². The van der Waals surface area contributed by atoms with Crippen molar-refractivity contribution < 1.29 is 17.2 Å². The lowest BCUT2D eigenvalue weighted by Gasteiger charge is -2.15. The molecule has 0 aliphatic rings. The highest BCUT2D eigenvalue weighted by atomic mass is 32.2. The summed E-state index contributed by atoms with van der Waals surface area (Å²) in [6.07, 6.45) is -0.452. The third-order valence-corrected chi connectivity index (χ3v) is 4.22. The number of hydrogen-bond acceptors (Lipinski definition) is 3. The van der Waals surface area contributed by atoms with Crippen LogP contribution in [0, 0.1) is 0 Å². The van der Waals surface area contributed by atoms with Crippen molar-refractivity contribution in [3.05, 3.63) is 29.8 Å². The Morgan fingerprint density at radius 3 is 2.18 bits per heavy atom. The Balaban J connectivity index is 3.04. The van der Waals surface area contributed by atoms with Gasteiger partial charge in [-0.25, -0.2) is 17.2 Å². The Hall–Kier alpha value is -1.01. The summed E-state index contributed by atoms with van der Waals surface area (Å²) >= 11 is 0. The molecule has 2 N–H and O–H groups in total. The molecule has 0 fully saturated rings. The first-order chi connectivity index (χ1) is 7.83. The first kappa shape index (κ1) is 14.1. The summed E-state index contributed by atoms with van der Waals surface area (Å²) in [7, 11) is -3.34. The summed E-state index contributed by atoms with van der Waals surface area (Å²) in [4.78, 5) is 0.0623. The van der Waals surface area contributed by atoms with Gasteiger partial charge in [0.05, 0.1) is 10.6 Å². The van der Waals surface area contributed by atoms with Gasteiger partial charge in [-0.1, -0.05) is 19.1 Å². The van der Waals surface area contributed by atoms with Crippen molar-refractivity contribution in [1.29, 1.82) is 0 Å². The maximum atomic E-state index is 13.4. The molecule has 1 rings (SSSR count). The molecular formula is C11H15F2NO2S. The topological polar surface area (TPSA) is 60.2 Å². The highest BCUT2D eigenvalue weighted by molar-refractivity contribution is 7.91. The normalized spacial score (nSPS) is 12.7. The quantitative estimate of drug-likeness (QED) is 0.883. The van der Waals surface area contributed by atoms with Crippen LogP contribution in [-0.2, 0) is 15.8 Å². The molecule has 0 atom stereocenters. The van der Waals surface area contributed by atoms with E-state index in [4.69, 9.17) is 5.73 Å². The number of halogens is 2. The molecular weight excluding hydrogens is 248 g/mol. The molecule has 0 heterocycles. The van der Waals surface area contributed by atoms with Crippen LogP contribution in [0.2, 0.25) is 0 Å². The van der Waals surface area contributed by atoms with E-state index in [0.29, 0.717) is 0 Å². The number of benzene rings is 1. The lowest BCUT2D eigenvalue weighted by Crippen LogP contribution is -2.18. The largest absolute Gasteiger partial charge is 0.330 e. The molecule has 6 heteroatoms. The van der Waals surface area contributed by atoms with Gasteiger partial charge >= 0.3 is 0 Å². The van der Waals surface area contributed by atoms with E-state index < -0.39 is 22.2 Å². The molecule has 0 bridgehead atoms. The van der Waals surface area contributed by atoms with Gasteiger partial charge in [0.15, 0.2) is 9.84 Å². The summed E-state index contributed by atoms with van der Waals surface area (Å²) in [5.41, 5.74) is 4.89. The van der Waals surface area contributed by atoms with Crippen molar-refractivity contribution in [2.45, 2.75) is 24.2 Å². The second-order valence-corrected chi connectivity index (χ2v) is 5.95. The molecule has 0 aliphatic carbocycles. The number of alkyl halides is 2. The minimum atomic E-state index is -3.34. The summed E-state index contributed by atoms with van der Waals surface area (Å²) in [5.74, 6) is -3.06. The molecule has 0 aromatic heterocycles. The molecule has 1 aromatic rings. The fraction of sp³-hybridized carbons (Fsp3) is 0.455. The minimum absolute atomic E-state index is 0.0501. The number of rotatable bonds is 5. The number of nitrogens with two attached hydrogens (primary N) is 1. The second-order valence-electron chi connectivity index (χ2n) is 3.67. The molecule has 96 valence electrons. The predicted molar refractivity (Wildman–Crippen MR) is 61.7 cm³/mol. The molecule has 1 aromatic carbocycles. The van der Waals surface area contributed by atoms with E-state index in [1.807, 2.05) is 0 Å². The van der Waals surface area contributed by atoms with Gasteiger partial charge in [-0.15, -0.1) is 0 Å². The zero-order valence-electron chi connectivity index (χ0n) is 9.49. The van der Waals surface area contributed by atoms with Gasteiger partial charge in [0.1, 0.15) is 0 Å². The van der Waals surface area contributed by atoms with Crippen LogP contribution in [0.5, 0.6) is 0 Å². The van der Waals surface area contributed by atoms with Gasteiger partial charge in [0.2, 0.25) is 0 Å². The molecule has 0 saturated heterocycles. The molecule has 0 amide bonds. The van der Waals surface area contributed by atoms with Crippen LogP contribution in [0.4, 0.5) is 8.78 Å². The van der Waals surface area contributed by atoms with Gasteiger partial charge in [-0.2, -0.15) is 0 Å². The third-order valence-electron chi connectivity index (χ3n) is 2.47. The van der Waals surface area contributed by atoms with E-state index >= 15 is 0 Å².